The molecule has 0 unspecified atom stereocenters. The monoisotopic (exact) mass is 267 g/mol. The SMILES string of the molecule is O=C(O)c1c(-c2ccccc2)cnc2ccc(F)cc12. The molecule has 0 saturated carbocycles. The number of pyridine rings is 1. The molecule has 0 radical (unpaired) electrons. The average molecular weight is 267 g/mol. The lowest BCUT2D eigenvalue weighted by molar-refractivity contribution is 0.0700. The van der Waals surface area contributed by atoms with Crippen LogP contribution in [0.5, 0.6) is 0 Å². The lowest BCUT2D eigenvalue weighted by atomic mass is 9.98. The van der Waals surface area contributed by atoms with Crippen molar-refractivity contribution in [3.05, 3.63) is 66.1 Å². The highest BCUT2D eigenvalue weighted by Gasteiger charge is 2.17. The maximum atomic E-state index is 13.4. The van der Waals surface area contributed by atoms with Gasteiger partial charge in [0.2, 0.25) is 0 Å². The Hall–Kier alpha value is -2.75. The van der Waals surface area contributed by atoms with E-state index in [4.69, 9.17) is 0 Å². The summed E-state index contributed by atoms with van der Waals surface area (Å²) in [5.74, 6) is -1.58. The van der Waals surface area contributed by atoms with Gasteiger partial charge < -0.3 is 5.11 Å². The number of hydrogen-bond acceptors (Lipinski definition) is 2. The molecule has 0 spiro atoms. The summed E-state index contributed by atoms with van der Waals surface area (Å²) in [6.07, 6.45) is 1.51. The predicted octanol–water partition coefficient (Wildman–Crippen LogP) is 3.74. The van der Waals surface area contributed by atoms with Crippen molar-refractivity contribution in [2.75, 3.05) is 0 Å². The van der Waals surface area contributed by atoms with Crippen LogP contribution in [0.3, 0.4) is 0 Å². The van der Waals surface area contributed by atoms with Crippen LogP contribution < -0.4 is 0 Å². The number of hydrogen-bond donors (Lipinski definition) is 1. The van der Waals surface area contributed by atoms with Gasteiger partial charge in [-0.1, -0.05) is 30.3 Å². The summed E-state index contributed by atoms with van der Waals surface area (Å²) in [5.41, 5.74) is 1.75. The molecule has 0 bridgehead atoms. The Morgan fingerprint density at radius 3 is 2.55 bits per heavy atom. The van der Waals surface area contributed by atoms with E-state index in [1.165, 1.54) is 24.4 Å². The van der Waals surface area contributed by atoms with Gasteiger partial charge in [-0.2, -0.15) is 0 Å². The van der Waals surface area contributed by atoms with Gasteiger partial charge in [0.15, 0.2) is 0 Å². The average Bonchev–Trinajstić information content (AvgIpc) is 2.46. The molecule has 0 amide bonds. The van der Waals surface area contributed by atoms with E-state index in [0.29, 0.717) is 16.5 Å². The minimum Gasteiger partial charge on any atom is -0.478 e. The van der Waals surface area contributed by atoms with Crippen LogP contribution in [-0.4, -0.2) is 16.1 Å². The fourth-order valence-electron chi connectivity index (χ4n) is 2.23. The summed E-state index contributed by atoms with van der Waals surface area (Å²) >= 11 is 0. The highest BCUT2D eigenvalue weighted by Crippen LogP contribution is 2.29. The molecule has 0 saturated heterocycles. The summed E-state index contributed by atoms with van der Waals surface area (Å²) in [5, 5.41) is 9.77. The van der Waals surface area contributed by atoms with Crippen LogP contribution in [0.1, 0.15) is 10.4 Å². The van der Waals surface area contributed by atoms with Crippen molar-refractivity contribution in [3.8, 4) is 11.1 Å². The first-order valence-corrected chi connectivity index (χ1v) is 6.04. The third-order valence-electron chi connectivity index (χ3n) is 3.13. The van der Waals surface area contributed by atoms with E-state index in [-0.39, 0.29) is 5.56 Å². The lowest BCUT2D eigenvalue weighted by Gasteiger charge is -2.09. The van der Waals surface area contributed by atoms with Crippen LogP contribution in [0, 0.1) is 5.82 Å². The highest BCUT2D eigenvalue weighted by atomic mass is 19.1. The molecule has 3 nitrogen and oxygen atoms in total. The number of benzene rings is 2. The number of aromatic nitrogens is 1. The fourth-order valence-corrected chi connectivity index (χ4v) is 2.23. The Labute approximate surface area is 114 Å². The molecule has 1 heterocycles. The first-order chi connectivity index (χ1) is 9.66. The Morgan fingerprint density at radius 1 is 1.10 bits per heavy atom. The first-order valence-electron chi connectivity index (χ1n) is 6.04. The van der Waals surface area contributed by atoms with E-state index >= 15 is 0 Å². The Kier molecular flexibility index (Phi) is 2.91. The zero-order valence-electron chi connectivity index (χ0n) is 10.4. The van der Waals surface area contributed by atoms with E-state index in [1.807, 2.05) is 18.2 Å². The lowest BCUT2D eigenvalue weighted by Crippen LogP contribution is -2.02. The Morgan fingerprint density at radius 2 is 1.85 bits per heavy atom. The molecule has 3 aromatic rings. The predicted molar refractivity (Wildman–Crippen MR) is 74.1 cm³/mol. The number of halogens is 1. The van der Waals surface area contributed by atoms with Gasteiger partial charge in [0.25, 0.3) is 0 Å². The topological polar surface area (TPSA) is 50.2 Å². The normalized spacial score (nSPS) is 10.7. The molecule has 20 heavy (non-hydrogen) atoms. The van der Waals surface area contributed by atoms with Crippen LogP contribution in [0.15, 0.2) is 54.7 Å². The van der Waals surface area contributed by atoms with E-state index in [1.54, 1.807) is 12.1 Å². The van der Waals surface area contributed by atoms with Crippen LogP contribution in [-0.2, 0) is 0 Å². The number of fused-ring (bicyclic) bond motifs is 1. The molecule has 0 aliphatic carbocycles. The second-order valence-corrected chi connectivity index (χ2v) is 4.38. The van der Waals surface area contributed by atoms with Gasteiger partial charge in [-0.05, 0) is 23.8 Å². The van der Waals surface area contributed by atoms with Crippen molar-refractivity contribution in [1.29, 1.82) is 0 Å². The van der Waals surface area contributed by atoms with Gasteiger partial charge in [0.1, 0.15) is 5.82 Å². The number of aromatic carboxylic acids is 1. The first kappa shape index (κ1) is 12.3. The number of carboxylic acid groups (broad SMARTS) is 1. The Bertz CT molecular complexity index is 800. The summed E-state index contributed by atoms with van der Waals surface area (Å²) in [6.45, 7) is 0. The number of rotatable bonds is 2. The van der Waals surface area contributed by atoms with Gasteiger partial charge in [0.05, 0.1) is 11.1 Å². The molecule has 3 rings (SSSR count). The molecule has 0 aliphatic rings. The van der Waals surface area contributed by atoms with E-state index in [9.17, 15) is 14.3 Å². The van der Waals surface area contributed by atoms with Crippen molar-refractivity contribution in [2.24, 2.45) is 0 Å². The second-order valence-electron chi connectivity index (χ2n) is 4.38. The number of carbonyl (C=O) groups is 1. The quantitative estimate of drug-likeness (QED) is 0.769. The van der Waals surface area contributed by atoms with Crippen molar-refractivity contribution in [2.45, 2.75) is 0 Å². The molecule has 2 aromatic carbocycles. The second kappa shape index (κ2) is 4.74. The summed E-state index contributed by atoms with van der Waals surface area (Å²) < 4.78 is 13.4. The summed E-state index contributed by atoms with van der Waals surface area (Å²) in [4.78, 5) is 15.8. The maximum absolute atomic E-state index is 13.4. The van der Waals surface area contributed by atoms with Gasteiger partial charge in [-0.3, -0.25) is 4.98 Å². The number of carboxylic acids is 1. The molecule has 98 valence electrons. The third kappa shape index (κ3) is 2.01. The molecular weight excluding hydrogens is 257 g/mol. The van der Waals surface area contributed by atoms with Gasteiger partial charge in [-0.15, -0.1) is 0 Å². The van der Waals surface area contributed by atoms with Crippen LogP contribution in [0.4, 0.5) is 4.39 Å². The zero-order chi connectivity index (χ0) is 14.1. The van der Waals surface area contributed by atoms with Crippen molar-refractivity contribution in [1.82, 2.24) is 4.98 Å². The standard InChI is InChI=1S/C16H10FNO2/c17-11-6-7-14-12(8-11)15(16(19)20)13(9-18-14)10-4-2-1-3-5-10/h1-9H,(H,19,20). The molecule has 1 N–H and O–H groups in total. The molecule has 0 aliphatic heterocycles. The van der Waals surface area contributed by atoms with Crippen molar-refractivity contribution < 1.29 is 14.3 Å². The largest absolute Gasteiger partial charge is 0.478 e. The Balaban J connectivity index is 2.39. The van der Waals surface area contributed by atoms with Gasteiger partial charge in [0, 0.05) is 17.1 Å². The van der Waals surface area contributed by atoms with Crippen LogP contribution in [0.2, 0.25) is 0 Å². The smallest absolute Gasteiger partial charge is 0.337 e. The molecule has 0 atom stereocenters. The highest BCUT2D eigenvalue weighted by molar-refractivity contribution is 6.08. The summed E-state index contributed by atoms with van der Waals surface area (Å²) in [6, 6.07) is 13.0. The minimum absolute atomic E-state index is 0.0701. The zero-order valence-corrected chi connectivity index (χ0v) is 10.4. The molecule has 1 aromatic heterocycles. The number of nitrogens with zero attached hydrogens (tertiary/aromatic N) is 1. The summed E-state index contributed by atoms with van der Waals surface area (Å²) in [7, 11) is 0. The van der Waals surface area contributed by atoms with Crippen LogP contribution in [0.25, 0.3) is 22.0 Å². The molecule has 0 fully saturated rings. The van der Waals surface area contributed by atoms with Gasteiger partial charge in [-0.25, -0.2) is 9.18 Å². The van der Waals surface area contributed by atoms with Crippen molar-refractivity contribution in [3.63, 3.8) is 0 Å². The van der Waals surface area contributed by atoms with Gasteiger partial charge >= 0.3 is 5.97 Å². The third-order valence-corrected chi connectivity index (χ3v) is 3.13. The molecular formula is C16H10FNO2. The fraction of sp³-hybridized carbons (Fsp3) is 0. The van der Waals surface area contributed by atoms with E-state index in [2.05, 4.69) is 4.98 Å². The minimum atomic E-state index is -1.10. The van der Waals surface area contributed by atoms with Crippen LogP contribution >= 0.6 is 0 Å². The van der Waals surface area contributed by atoms with Crippen molar-refractivity contribution >= 4 is 16.9 Å². The maximum Gasteiger partial charge on any atom is 0.337 e. The molecule has 4 heteroatoms. The van der Waals surface area contributed by atoms with E-state index < -0.39 is 11.8 Å². The van der Waals surface area contributed by atoms with E-state index in [0.717, 1.165) is 5.56 Å².